The molecule has 0 amide bonds. The summed E-state index contributed by atoms with van der Waals surface area (Å²) in [7, 11) is 2.94. The molecule has 1 aliphatic rings. The monoisotopic (exact) mass is 265 g/mol. The zero-order valence-electron chi connectivity index (χ0n) is 11.0. The lowest BCUT2D eigenvalue weighted by molar-refractivity contribution is 0.347. The molecule has 1 aromatic rings. The molecule has 1 aromatic carbocycles. The first-order chi connectivity index (χ1) is 9.16. The molecule has 0 heterocycles. The summed E-state index contributed by atoms with van der Waals surface area (Å²) in [6, 6.07) is 2.84. The van der Waals surface area contributed by atoms with Crippen LogP contribution in [0.5, 0.6) is 11.5 Å². The van der Waals surface area contributed by atoms with Gasteiger partial charge in [0.2, 0.25) is 6.08 Å². The van der Waals surface area contributed by atoms with Gasteiger partial charge < -0.3 is 9.47 Å². The summed E-state index contributed by atoms with van der Waals surface area (Å²) < 4.78 is 24.5. The van der Waals surface area contributed by atoms with E-state index in [1.54, 1.807) is 12.1 Å². The van der Waals surface area contributed by atoms with E-state index in [0.717, 1.165) is 12.8 Å². The van der Waals surface area contributed by atoms with Crippen molar-refractivity contribution >= 4 is 6.08 Å². The normalized spacial score (nSPS) is 16.8. The van der Waals surface area contributed by atoms with Crippen LogP contribution in [-0.2, 0) is 10.3 Å². The molecule has 0 atom stereocenters. The Bertz CT molecular complexity index is 518. The molecule has 0 radical (unpaired) electrons. The number of isocyanates is 1. The van der Waals surface area contributed by atoms with E-state index in [1.807, 2.05) is 0 Å². The van der Waals surface area contributed by atoms with Crippen molar-refractivity contribution in [3.8, 4) is 11.5 Å². The lowest BCUT2D eigenvalue weighted by atomic mass is 9.88. The molecule has 0 aromatic heterocycles. The molecule has 0 bridgehead atoms. The average molecular weight is 265 g/mol. The third-order valence-electron chi connectivity index (χ3n) is 3.66. The zero-order valence-corrected chi connectivity index (χ0v) is 11.0. The van der Waals surface area contributed by atoms with Gasteiger partial charge in [-0.05, 0) is 18.9 Å². The van der Waals surface area contributed by atoms with Crippen LogP contribution in [0.4, 0.5) is 4.39 Å². The van der Waals surface area contributed by atoms with Crippen molar-refractivity contribution in [2.45, 2.75) is 31.2 Å². The summed E-state index contributed by atoms with van der Waals surface area (Å²) in [6.07, 6.45) is 4.70. The smallest absolute Gasteiger partial charge is 0.235 e. The van der Waals surface area contributed by atoms with Gasteiger partial charge in [0, 0.05) is 11.6 Å². The molecule has 2 rings (SSSR count). The fraction of sp³-hybridized carbons (Fsp3) is 0.500. The number of ether oxygens (including phenoxy) is 2. The molecule has 102 valence electrons. The first kappa shape index (κ1) is 13.6. The van der Waals surface area contributed by atoms with Gasteiger partial charge >= 0.3 is 0 Å². The predicted octanol–water partition coefficient (Wildman–Crippen LogP) is 2.95. The van der Waals surface area contributed by atoms with E-state index in [4.69, 9.17) is 9.47 Å². The number of benzene rings is 1. The molecule has 0 unspecified atom stereocenters. The largest absolute Gasteiger partial charge is 0.493 e. The summed E-state index contributed by atoms with van der Waals surface area (Å²) in [5.41, 5.74) is -0.420. The maximum absolute atomic E-state index is 14.2. The number of rotatable bonds is 4. The van der Waals surface area contributed by atoms with Crippen LogP contribution < -0.4 is 9.47 Å². The topological polar surface area (TPSA) is 47.9 Å². The molecule has 4 nitrogen and oxygen atoms in total. The molecule has 1 fully saturated rings. The van der Waals surface area contributed by atoms with Gasteiger partial charge in [-0.2, -0.15) is 4.99 Å². The molecule has 0 spiro atoms. The van der Waals surface area contributed by atoms with Gasteiger partial charge in [0.25, 0.3) is 0 Å². The quantitative estimate of drug-likeness (QED) is 0.621. The summed E-state index contributed by atoms with van der Waals surface area (Å²) in [4.78, 5) is 14.5. The maximum Gasteiger partial charge on any atom is 0.235 e. The fourth-order valence-electron chi connectivity index (χ4n) is 2.70. The number of methoxy groups -OCH3 is 2. The summed E-state index contributed by atoms with van der Waals surface area (Å²) in [5.74, 6) is 0.330. The molecule has 1 aliphatic carbocycles. The Hall–Kier alpha value is -1.87. The summed E-state index contributed by atoms with van der Waals surface area (Å²) >= 11 is 0. The third-order valence-corrected chi connectivity index (χ3v) is 3.66. The van der Waals surface area contributed by atoms with E-state index in [9.17, 15) is 9.18 Å². The van der Waals surface area contributed by atoms with Gasteiger partial charge in [0.15, 0.2) is 11.5 Å². The van der Waals surface area contributed by atoms with Crippen molar-refractivity contribution < 1.29 is 18.7 Å². The van der Waals surface area contributed by atoms with Crippen LogP contribution in [0.3, 0.4) is 0 Å². The van der Waals surface area contributed by atoms with Crippen LogP contribution in [0.25, 0.3) is 0 Å². The van der Waals surface area contributed by atoms with Crippen molar-refractivity contribution in [1.82, 2.24) is 0 Å². The minimum absolute atomic E-state index is 0.326. The lowest BCUT2D eigenvalue weighted by Crippen LogP contribution is -2.21. The average Bonchev–Trinajstić information content (AvgIpc) is 2.88. The van der Waals surface area contributed by atoms with Gasteiger partial charge in [0.1, 0.15) is 11.4 Å². The van der Waals surface area contributed by atoms with Crippen LogP contribution in [0, 0.1) is 5.82 Å². The van der Waals surface area contributed by atoms with Crippen molar-refractivity contribution in [3.05, 3.63) is 23.5 Å². The summed E-state index contributed by atoms with van der Waals surface area (Å²) in [6.45, 7) is 0. The number of aliphatic imine (C=N–C) groups is 1. The molecule has 0 aliphatic heterocycles. The first-order valence-corrected chi connectivity index (χ1v) is 6.18. The van der Waals surface area contributed by atoms with Crippen molar-refractivity contribution in [3.63, 3.8) is 0 Å². The fourth-order valence-corrected chi connectivity index (χ4v) is 2.70. The molecule has 19 heavy (non-hydrogen) atoms. The van der Waals surface area contributed by atoms with E-state index in [0.29, 0.717) is 29.9 Å². The van der Waals surface area contributed by atoms with E-state index < -0.39 is 11.4 Å². The van der Waals surface area contributed by atoms with Crippen LogP contribution in [0.1, 0.15) is 31.2 Å². The number of nitrogens with zero attached hydrogens (tertiary/aromatic N) is 1. The van der Waals surface area contributed by atoms with Crippen molar-refractivity contribution in [1.29, 1.82) is 0 Å². The highest BCUT2D eigenvalue weighted by Crippen LogP contribution is 2.45. The van der Waals surface area contributed by atoms with E-state index in [1.165, 1.54) is 20.3 Å². The minimum Gasteiger partial charge on any atom is -0.493 e. The van der Waals surface area contributed by atoms with Crippen LogP contribution in [0.15, 0.2) is 17.1 Å². The number of hydrogen-bond acceptors (Lipinski definition) is 4. The zero-order chi connectivity index (χ0) is 13.9. The Morgan fingerprint density at radius 1 is 1.21 bits per heavy atom. The number of carbonyl (C=O) groups excluding carboxylic acids is 1. The Labute approximate surface area is 111 Å². The van der Waals surface area contributed by atoms with Gasteiger partial charge in [-0.3, -0.25) is 0 Å². The highest BCUT2D eigenvalue weighted by atomic mass is 19.1. The molecule has 5 heteroatoms. The minimum atomic E-state index is -0.800. The third kappa shape index (κ3) is 2.34. The Kier molecular flexibility index (Phi) is 3.86. The van der Waals surface area contributed by atoms with Crippen LogP contribution in [-0.4, -0.2) is 20.3 Å². The molecular weight excluding hydrogens is 249 g/mol. The molecule has 0 saturated heterocycles. The van der Waals surface area contributed by atoms with E-state index in [2.05, 4.69) is 4.99 Å². The number of halogens is 1. The van der Waals surface area contributed by atoms with E-state index in [-0.39, 0.29) is 0 Å². The first-order valence-electron chi connectivity index (χ1n) is 6.18. The highest BCUT2D eigenvalue weighted by Gasteiger charge is 2.38. The van der Waals surface area contributed by atoms with Crippen LogP contribution in [0.2, 0.25) is 0 Å². The predicted molar refractivity (Wildman–Crippen MR) is 67.8 cm³/mol. The standard InChI is InChI=1S/C14H16FNO3/c1-18-12-7-10(11(15)8-13(12)19-2)14(16-9-17)5-3-4-6-14/h7-8H,3-6H2,1-2H3. The Morgan fingerprint density at radius 2 is 1.79 bits per heavy atom. The molecule has 0 N–H and O–H groups in total. The van der Waals surface area contributed by atoms with Crippen molar-refractivity contribution in [2.24, 2.45) is 4.99 Å². The Morgan fingerprint density at radius 3 is 2.32 bits per heavy atom. The highest BCUT2D eigenvalue weighted by molar-refractivity contribution is 5.48. The van der Waals surface area contributed by atoms with Gasteiger partial charge in [-0.25, -0.2) is 9.18 Å². The van der Waals surface area contributed by atoms with Gasteiger partial charge in [-0.1, -0.05) is 12.8 Å². The Balaban J connectivity index is 2.57. The molecule has 1 saturated carbocycles. The SMILES string of the molecule is COc1cc(F)c(C2(N=C=O)CCCC2)cc1OC. The second kappa shape index (κ2) is 5.41. The van der Waals surface area contributed by atoms with Crippen LogP contribution >= 0.6 is 0 Å². The maximum atomic E-state index is 14.2. The lowest BCUT2D eigenvalue weighted by Gasteiger charge is -2.24. The summed E-state index contributed by atoms with van der Waals surface area (Å²) in [5, 5.41) is 0. The molecular formula is C14H16FNO3. The second-order valence-electron chi connectivity index (χ2n) is 4.63. The van der Waals surface area contributed by atoms with Crippen molar-refractivity contribution in [2.75, 3.05) is 14.2 Å². The second-order valence-corrected chi connectivity index (χ2v) is 4.63. The van der Waals surface area contributed by atoms with E-state index >= 15 is 0 Å². The number of hydrogen-bond donors (Lipinski definition) is 0. The van der Waals surface area contributed by atoms with Gasteiger partial charge in [0.05, 0.1) is 14.2 Å². The van der Waals surface area contributed by atoms with Gasteiger partial charge in [-0.15, -0.1) is 0 Å².